The Labute approximate surface area is 159 Å². The number of aromatic nitrogens is 2. The van der Waals surface area contributed by atoms with Crippen LogP contribution in [0.4, 0.5) is 5.69 Å². The molecule has 0 aliphatic carbocycles. The van der Waals surface area contributed by atoms with Gasteiger partial charge in [0.1, 0.15) is 17.2 Å². The molecule has 1 aromatic carbocycles. The van der Waals surface area contributed by atoms with E-state index in [2.05, 4.69) is 21.9 Å². The minimum absolute atomic E-state index is 0.373. The summed E-state index contributed by atoms with van der Waals surface area (Å²) in [5, 5.41) is 13.4. The number of benzene rings is 1. The number of nitrogens with zero attached hydrogens (tertiary/aromatic N) is 3. The van der Waals surface area contributed by atoms with Crippen LogP contribution in [0.25, 0.3) is 5.69 Å². The predicted octanol–water partition coefficient (Wildman–Crippen LogP) is 3.15. The Morgan fingerprint density at radius 3 is 2.67 bits per heavy atom. The Balaban J connectivity index is 2.28. The quantitative estimate of drug-likeness (QED) is 0.651. The zero-order valence-corrected chi connectivity index (χ0v) is 16.4. The second kappa shape index (κ2) is 8.09. The fourth-order valence-corrected chi connectivity index (χ4v) is 2.42. The topological polar surface area (TPSA) is 97.7 Å². The van der Waals surface area contributed by atoms with Crippen molar-refractivity contribution in [1.29, 1.82) is 0 Å². The second-order valence-electron chi connectivity index (χ2n) is 6.83. The Morgan fingerprint density at radius 1 is 1.44 bits per heavy atom. The van der Waals surface area contributed by atoms with E-state index < -0.39 is 5.60 Å². The average Bonchev–Trinajstić information content (AvgIpc) is 2.99. The molecule has 0 amide bonds. The van der Waals surface area contributed by atoms with Gasteiger partial charge in [-0.15, -0.1) is 0 Å². The minimum Gasteiger partial charge on any atom is -0.494 e. The Kier molecular flexibility index (Phi) is 6.07. The summed E-state index contributed by atoms with van der Waals surface area (Å²) < 4.78 is 7.39. The fourth-order valence-electron chi connectivity index (χ4n) is 2.42. The molecule has 0 unspecified atom stereocenters. The molecule has 1 heterocycles. The summed E-state index contributed by atoms with van der Waals surface area (Å²) in [6.07, 6.45) is 5.28. The first-order chi connectivity index (χ1) is 12.6. The molecule has 0 aliphatic heterocycles. The molecule has 0 radical (unpaired) electrons. The van der Waals surface area contributed by atoms with Crippen molar-refractivity contribution in [2.45, 2.75) is 33.3 Å². The van der Waals surface area contributed by atoms with Gasteiger partial charge in [-0.25, -0.2) is 9.98 Å². The maximum absolute atomic E-state index is 10.3. The van der Waals surface area contributed by atoms with Crippen molar-refractivity contribution in [3.8, 4) is 11.4 Å². The highest BCUT2D eigenvalue weighted by molar-refractivity contribution is 6.02. The summed E-state index contributed by atoms with van der Waals surface area (Å²) in [6.45, 7) is 10.9. The van der Waals surface area contributed by atoms with E-state index in [1.807, 2.05) is 35.9 Å². The zero-order chi connectivity index (χ0) is 20.2. The lowest BCUT2D eigenvalue weighted by atomic mass is 10.0. The molecule has 0 atom stereocenters. The summed E-state index contributed by atoms with van der Waals surface area (Å²) in [5.74, 6) is 1.05. The zero-order valence-electron chi connectivity index (χ0n) is 16.4. The Hall–Kier alpha value is -3.06. The molecule has 27 heavy (non-hydrogen) atoms. The molecule has 144 valence electrons. The predicted molar refractivity (Wildman–Crippen MR) is 109 cm³/mol. The second-order valence-corrected chi connectivity index (χ2v) is 6.83. The highest BCUT2D eigenvalue weighted by Gasteiger charge is 2.20. The van der Waals surface area contributed by atoms with E-state index in [1.165, 1.54) is 0 Å². The largest absolute Gasteiger partial charge is 0.494 e. The van der Waals surface area contributed by atoms with Crippen LogP contribution in [0, 0.1) is 6.92 Å². The molecule has 0 bridgehead atoms. The third-order valence-electron chi connectivity index (χ3n) is 3.70. The third kappa shape index (κ3) is 5.46. The van der Waals surface area contributed by atoms with Gasteiger partial charge in [-0.05, 0) is 45.9 Å². The van der Waals surface area contributed by atoms with Gasteiger partial charge in [0.2, 0.25) is 0 Å². The van der Waals surface area contributed by atoms with Crippen LogP contribution in [-0.4, -0.2) is 33.1 Å². The molecule has 7 nitrogen and oxygen atoms in total. The molecule has 0 saturated carbocycles. The van der Waals surface area contributed by atoms with Crippen LogP contribution in [0.15, 0.2) is 59.9 Å². The first kappa shape index (κ1) is 20.3. The van der Waals surface area contributed by atoms with Gasteiger partial charge in [-0.2, -0.15) is 0 Å². The van der Waals surface area contributed by atoms with Gasteiger partial charge in [0, 0.05) is 23.6 Å². The summed E-state index contributed by atoms with van der Waals surface area (Å²) in [4.78, 5) is 8.61. The number of rotatable bonds is 7. The number of allylic oxidation sites excluding steroid dienone is 1. The van der Waals surface area contributed by atoms with Crippen molar-refractivity contribution in [2.24, 2.45) is 10.7 Å². The minimum atomic E-state index is -1.15. The van der Waals surface area contributed by atoms with E-state index in [9.17, 15) is 5.11 Å². The third-order valence-corrected chi connectivity index (χ3v) is 3.70. The van der Waals surface area contributed by atoms with Crippen LogP contribution in [-0.2, 0) is 0 Å². The SMILES string of the molecule is C=C(N=C(/C=C(/C)N)C(C)(C)O)Nc1ccc(-n2cnc(C)c2)c(OC)c1. The van der Waals surface area contributed by atoms with Gasteiger partial charge < -0.3 is 25.5 Å². The Morgan fingerprint density at radius 2 is 2.15 bits per heavy atom. The van der Waals surface area contributed by atoms with E-state index in [4.69, 9.17) is 10.5 Å². The van der Waals surface area contributed by atoms with Crippen molar-refractivity contribution >= 4 is 11.4 Å². The molecule has 0 fully saturated rings. The van der Waals surface area contributed by atoms with Gasteiger partial charge in [-0.1, -0.05) is 6.58 Å². The molecule has 4 N–H and O–H groups in total. The van der Waals surface area contributed by atoms with E-state index >= 15 is 0 Å². The summed E-state index contributed by atoms with van der Waals surface area (Å²) in [7, 11) is 1.61. The maximum atomic E-state index is 10.3. The number of ether oxygens (including phenoxy) is 1. The van der Waals surface area contributed by atoms with E-state index in [1.54, 1.807) is 40.3 Å². The van der Waals surface area contributed by atoms with Crippen molar-refractivity contribution < 1.29 is 9.84 Å². The van der Waals surface area contributed by atoms with Crippen molar-refractivity contribution in [3.63, 3.8) is 0 Å². The van der Waals surface area contributed by atoms with Crippen LogP contribution in [0.2, 0.25) is 0 Å². The number of imidazole rings is 1. The molecule has 2 aromatic rings. The van der Waals surface area contributed by atoms with Crippen molar-refractivity contribution in [1.82, 2.24) is 9.55 Å². The monoisotopic (exact) mass is 369 g/mol. The smallest absolute Gasteiger partial charge is 0.144 e. The normalized spacial score (nSPS) is 12.8. The van der Waals surface area contributed by atoms with E-state index in [0.717, 1.165) is 17.1 Å². The van der Waals surface area contributed by atoms with Crippen LogP contribution in [0.3, 0.4) is 0 Å². The first-order valence-corrected chi connectivity index (χ1v) is 8.50. The molecular weight excluding hydrogens is 342 g/mol. The summed E-state index contributed by atoms with van der Waals surface area (Å²) in [6, 6.07) is 5.65. The molecule has 0 spiro atoms. The lowest BCUT2D eigenvalue weighted by molar-refractivity contribution is 0.155. The maximum Gasteiger partial charge on any atom is 0.144 e. The number of aryl methyl sites for hydroxylation is 1. The van der Waals surface area contributed by atoms with Gasteiger partial charge in [0.25, 0.3) is 0 Å². The van der Waals surface area contributed by atoms with Crippen molar-refractivity contribution in [3.05, 3.63) is 60.6 Å². The lowest BCUT2D eigenvalue weighted by Crippen LogP contribution is -2.30. The fraction of sp³-hybridized carbons (Fsp3) is 0.300. The number of hydrogen-bond donors (Lipinski definition) is 3. The lowest BCUT2D eigenvalue weighted by Gasteiger charge is -2.19. The molecule has 2 rings (SSSR count). The standard InChI is InChI=1S/C20H27N5O2/c1-13(21)9-19(20(4,5)26)24-15(3)23-16-7-8-17(18(10-16)27-6)25-11-14(2)22-12-25/h7-12,23,26H,3,21H2,1-2,4-6H3/b13-9-,24-19?. The molecule has 0 saturated heterocycles. The molecule has 1 aromatic heterocycles. The average molecular weight is 369 g/mol. The molecule has 0 aliphatic rings. The number of nitrogens with one attached hydrogen (secondary N) is 1. The number of aliphatic imine (C=N–C) groups is 1. The number of nitrogens with two attached hydrogens (primary N) is 1. The van der Waals surface area contributed by atoms with Crippen LogP contribution >= 0.6 is 0 Å². The highest BCUT2D eigenvalue weighted by atomic mass is 16.5. The van der Waals surface area contributed by atoms with Gasteiger partial charge >= 0.3 is 0 Å². The summed E-state index contributed by atoms with van der Waals surface area (Å²) >= 11 is 0. The van der Waals surface area contributed by atoms with Crippen molar-refractivity contribution in [2.75, 3.05) is 12.4 Å². The van der Waals surface area contributed by atoms with Gasteiger partial charge in [0.05, 0.1) is 30.5 Å². The number of aliphatic hydroxyl groups is 1. The number of methoxy groups -OCH3 is 1. The first-order valence-electron chi connectivity index (χ1n) is 8.50. The van der Waals surface area contributed by atoms with E-state index in [-0.39, 0.29) is 0 Å². The van der Waals surface area contributed by atoms with E-state index in [0.29, 0.717) is 23.0 Å². The molecular formula is C20H27N5O2. The van der Waals surface area contributed by atoms with Gasteiger partial charge in [0.15, 0.2) is 0 Å². The van der Waals surface area contributed by atoms with Gasteiger partial charge in [-0.3, -0.25) is 0 Å². The van der Waals surface area contributed by atoms with Crippen LogP contribution in [0.1, 0.15) is 26.5 Å². The number of anilines is 1. The molecule has 7 heteroatoms. The van der Waals surface area contributed by atoms with Crippen LogP contribution < -0.4 is 15.8 Å². The highest BCUT2D eigenvalue weighted by Crippen LogP contribution is 2.27. The van der Waals surface area contributed by atoms with Crippen LogP contribution in [0.5, 0.6) is 5.75 Å². The Bertz CT molecular complexity index is 884. The summed E-state index contributed by atoms with van der Waals surface area (Å²) in [5.41, 5.74) is 8.09. The number of hydrogen-bond acceptors (Lipinski definition) is 6.